The number of carbonyl (C=O) groups excluding carboxylic acids is 1. The van der Waals surface area contributed by atoms with Crippen LogP contribution in [0.4, 0.5) is 0 Å². The molecular weight excluding hydrogens is 288 g/mol. The second-order valence-electron chi connectivity index (χ2n) is 6.45. The Balaban J connectivity index is 1.60. The van der Waals surface area contributed by atoms with Crippen LogP contribution in [0.15, 0.2) is 12.7 Å². The molecule has 21 heavy (non-hydrogen) atoms. The smallest absolute Gasteiger partial charge is 0.330 e. The highest BCUT2D eigenvalue weighted by Gasteiger charge is 2.58. The van der Waals surface area contributed by atoms with E-state index in [-0.39, 0.29) is 18.5 Å². The molecule has 0 aromatic heterocycles. The molecule has 0 heterocycles. The second-order valence-corrected chi connectivity index (χ2v) is 7.79. The SMILES string of the molecule is C=CC(=O)OC1CC2CC1C1C(SCCC(=O)O)CCC21. The maximum absolute atomic E-state index is 11.5. The predicted molar refractivity (Wildman–Crippen MR) is 81.0 cm³/mol. The molecule has 0 aliphatic heterocycles. The molecule has 3 saturated carbocycles. The molecule has 0 saturated heterocycles. The summed E-state index contributed by atoms with van der Waals surface area (Å²) >= 11 is 1.81. The number of hydrogen-bond donors (Lipinski definition) is 1. The summed E-state index contributed by atoms with van der Waals surface area (Å²) in [6.07, 6.45) is 6.19. The molecule has 1 N–H and O–H groups in total. The van der Waals surface area contributed by atoms with Gasteiger partial charge in [-0.25, -0.2) is 4.79 Å². The van der Waals surface area contributed by atoms with Crippen LogP contribution in [0.3, 0.4) is 0 Å². The Kier molecular flexibility index (Phi) is 4.29. The van der Waals surface area contributed by atoms with Crippen LogP contribution < -0.4 is 0 Å². The van der Waals surface area contributed by atoms with E-state index in [0.29, 0.717) is 28.8 Å². The molecule has 3 fully saturated rings. The first-order valence-corrected chi connectivity index (χ1v) is 8.81. The van der Waals surface area contributed by atoms with Crippen molar-refractivity contribution in [1.82, 2.24) is 0 Å². The van der Waals surface area contributed by atoms with Gasteiger partial charge in [0.15, 0.2) is 0 Å². The molecule has 0 spiro atoms. The topological polar surface area (TPSA) is 63.6 Å². The Morgan fingerprint density at radius 3 is 2.81 bits per heavy atom. The largest absolute Gasteiger partial charge is 0.481 e. The van der Waals surface area contributed by atoms with E-state index < -0.39 is 5.97 Å². The Hall–Kier alpha value is -0.970. The van der Waals surface area contributed by atoms with E-state index in [1.54, 1.807) is 0 Å². The van der Waals surface area contributed by atoms with Crippen LogP contribution >= 0.6 is 11.8 Å². The highest BCUT2D eigenvalue weighted by Crippen LogP contribution is 2.61. The van der Waals surface area contributed by atoms with Crippen LogP contribution in [0.2, 0.25) is 0 Å². The third-order valence-corrected chi connectivity index (χ3v) is 6.90. The molecule has 0 aromatic carbocycles. The van der Waals surface area contributed by atoms with Crippen molar-refractivity contribution < 1.29 is 19.4 Å². The lowest BCUT2D eigenvalue weighted by Gasteiger charge is -2.33. The van der Waals surface area contributed by atoms with Crippen molar-refractivity contribution in [2.75, 3.05) is 5.75 Å². The molecule has 6 unspecified atom stereocenters. The summed E-state index contributed by atoms with van der Waals surface area (Å²) in [7, 11) is 0. The predicted octanol–water partition coefficient (Wildman–Crippen LogP) is 2.73. The first-order chi connectivity index (χ1) is 10.1. The average Bonchev–Trinajstić information content (AvgIpc) is 3.10. The molecule has 5 heteroatoms. The van der Waals surface area contributed by atoms with Gasteiger partial charge in [-0.2, -0.15) is 11.8 Å². The number of fused-ring (bicyclic) bond motifs is 5. The van der Waals surface area contributed by atoms with E-state index in [0.717, 1.165) is 12.3 Å². The number of aliphatic carboxylic acids is 1. The minimum atomic E-state index is -0.720. The molecule has 4 nitrogen and oxygen atoms in total. The van der Waals surface area contributed by atoms with Gasteiger partial charge < -0.3 is 9.84 Å². The van der Waals surface area contributed by atoms with Crippen molar-refractivity contribution in [2.24, 2.45) is 23.7 Å². The van der Waals surface area contributed by atoms with Crippen molar-refractivity contribution >= 4 is 23.7 Å². The monoisotopic (exact) mass is 310 g/mol. The van der Waals surface area contributed by atoms with Gasteiger partial charge in [-0.3, -0.25) is 4.79 Å². The van der Waals surface area contributed by atoms with E-state index in [4.69, 9.17) is 9.84 Å². The molecule has 6 atom stereocenters. The summed E-state index contributed by atoms with van der Waals surface area (Å²) in [6.45, 7) is 3.47. The lowest BCUT2D eigenvalue weighted by Crippen LogP contribution is -2.35. The van der Waals surface area contributed by atoms with Crippen LogP contribution in [0.1, 0.15) is 32.1 Å². The third kappa shape index (κ3) is 2.85. The number of carboxylic acids is 1. The quantitative estimate of drug-likeness (QED) is 0.603. The molecule has 3 aliphatic rings. The van der Waals surface area contributed by atoms with E-state index in [2.05, 4.69) is 6.58 Å². The molecule has 3 rings (SSSR count). The number of carbonyl (C=O) groups is 2. The average molecular weight is 310 g/mol. The maximum Gasteiger partial charge on any atom is 0.330 e. The number of carboxylic acid groups (broad SMARTS) is 1. The highest BCUT2D eigenvalue weighted by atomic mass is 32.2. The van der Waals surface area contributed by atoms with E-state index >= 15 is 0 Å². The van der Waals surface area contributed by atoms with Gasteiger partial charge in [0.05, 0.1) is 6.42 Å². The molecule has 0 radical (unpaired) electrons. The maximum atomic E-state index is 11.5. The van der Waals surface area contributed by atoms with Gasteiger partial charge in [-0.05, 0) is 43.4 Å². The van der Waals surface area contributed by atoms with E-state index in [9.17, 15) is 9.59 Å². The Morgan fingerprint density at radius 1 is 1.29 bits per heavy atom. The number of esters is 1. The lowest BCUT2D eigenvalue weighted by atomic mass is 9.80. The Bertz CT molecular complexity index is 450. The van der Waals surface area contributed by atoms with Crippen molar-refractivity contribution in [3.05, 3.63) is 12.7 Å². The molecule has 0 aromatic rings. The summed E-state index contributed by atoms with van der Waals surface area (Å²) in [5.74, 6) is 2.24. The van der Waals surface area contributed by atoms with Crippen molar-refractivity contribution in [1.29, 1.82) is 0 Å². The van der Waals surface area contributed by atoms with Gasteiger partial charge >= 0.3 is 11.9 Å². The molecular formula is C16H22O4S. The zero-order chi connectivity index (χ0) is 15.0. The van der Waals surface area contributed by atoms with Gasteiger partial charge in [0, 0.05) is 23.0 Å². The van der Waals surface area contributed by atoms with Gasteiger partial charge in [-0.1, -0.05) is 6.58 Å². The lowest BCUT2D eigenvalue weighted by molar-refractivity contribution is -0.147. The van der Waals surface area contributed by atoms with E-state index in [1.165, 1.54) is 25.3 Å². The highest BCUT2D eigenvalue weighted by molar-refractivity contribution is 7.99. The fourth-order valence-electron chi connectivity index (χ4n) is 4.81. The first kappa shape index (κ1) is 14.9. The Morgan fingerprint density at radius 2 is 2.10 bits per heavy atom. The molecule has 2 bridgehead atoms. The minimum absolute atomic E-state index is 0.0578. The fourth-order valence-corrected chi connectivity index (χ4v) is 6.33. The normalized spacial score (nSPS) is 40.0. The second kappa shape index (κ2) is 6.03. The summed E-state index contributed by atoms with van der Waals surface area (Å²) < 4.78 is 5.53. The number of rotatable bonds is 6. The molecule has 3 aliphatic carbocycles. The van der Waals surface area contributed by atoms with Crippen LogP contribution in [-0.4, -0.2) is 34.2 Å². The Labute approximate surface area is 129 Å². The summed E-state index contributed by atoms with van der Waals surface area (Å²) in [6, 6.07) is 0. The summed E-state index contributed by atoms with van der Waals surface area (Å²) in [5.41, 5.74) is 0. The summed E-state index contributed by atoms with van der Waals surface area (Å²) in [4.78, 5) is 22.1. The zero-order valence-corrected chi connectivity index (χ0v) is 12.9. The van der Waals surface area contributed by atoms with E-state index in [1.807, 2.05) is 11.8 Å². The standard InChI is InChI=1S/C16H22O4S/c1-2-15(19)20-12-8-9-7-11(12)16-10(9)3-4-13(16)21-6-5-14(17)18/h2,9-13,16H,1,3-8H2,(H,17,18). The number of thioether (sulfide) groups is 1. The first-order valence-electron chi connectivity index (χ1n) is 7.76. The zero-order valence-electron chi connectivity index (χ0n) is 12.1. The van der Waals surface area contributed by atoms with Gasteiger partial charge in [0.1, 0.15) is 6.10 Å². The van der Waals surface area contributed by atoms with Crippen molar-refractivity contribution in [2.45, 2.75) is 43.5 Å². The van der Waals surface area contributed by atoms with Gasteiger partial charge in [0.2, 0.25) is 0 Å². The fraction of sp³-hybridized carbons (Fsp3) is 0.750. The van der Waals surface area contributed by atoms with Crippen molar-refractivity contribution in [3.63, 3.8) is 0 Å². The number of hydrogen-bond acceptors (Lipinski definition) is 4. The van der Waals surface area contributed by atoms with Crippen LogP contribution in [0, 0.1) is 23.7 Å². The molecule has 116 valence electrons. The third-order valence-electron chi connectivity index (χ3n) is 5.48. The van der Waals surface area contributed by atoms with Crippen LogP contribution in [-0.2, 0) is 14.3 Å². The minimum Gasteiger partial charge on any atom is -0.481 e. The molecule has 0 amide bonds. The van der Waals surface area contributed by atoms with Crippen LogP contribution in [0.5, 0.6) is 0 Å². The van der Waals surface area contributed by atoms with Gasteiger partial charge in [-0.15, -0.1) is 0 Å². The van der Waals surface area contributed by atoms with Crippen LogP contribution in [0.25, 0.3) is 0 Å². The van der Waals surface area contributed by atoms with Gasteiger partial charge in [0.25, 0.3) is 0 Å². The number of ether oxygens (including phenoxy) is 1. The summed E-state index contributed by atoms with van der Waals surface area (Å²) in [5, 5.41) is 9.32. The van der Waals surface area contributed by atoms with Crippen molar-refractivity contribution in [3.8, 4) is 0 Å².